The number of rotatable bonds is 7. The van der Waals surface area contributed by atoms with Gasteiger partial charge in [-0.1, -0.05) is 41.7 Å². The number of benzene rings is 1. The van der Waals surface area contributed by atoms with Crippen molar-refractivity contribution >= 4 is 28.1 Å². The van der Waals surface area contributed by atoms with Crippen LogP contribution in [0.2, 0.25) is 0 Å². The Morgan fingerprint density at radius 1 is 1.09 bits per heavy atom. The SMILES string of the molecule is C[C@H](Oc1ncc(C(=O)Nc2nnc(-c3ccncc3)s2)cc1N(C)C)c1ccccc1. The highest BCUT2D eigenvalue weighted by Crippen LogP contribution is 2.30. The average Bonchev–Trinajstić information content (AvgIpc) is 3.28. The van der Waals surface area contributed by atoms with Crippen molar-refractivity contribution in [1.29, 1.82) is 0 Å². The average molecular weight is 447 g/mol. The fraction of sp³-hybridized carbons (Fsp3) is 0.174. The molecule has 0 saturated carbocycles. The minimum Gasteiger partial charge on any atom is -0.468 e. The van der Waals surface area contributed by atoms with Gasteiger partial charge in [-0.3, -0.25) is 15.1 Å². The summed E-state index contributed by atoms with van der Waals surface area (Å²) in [5.74, 6) is 0.138. The van der Waals surface area contributed by atoms with Gasteiger partial charge in [0.2, 0.25) is 11.0 Å². The Morgan fingerprint density at radius 3 is 2.56 bits per heavy atom. The van der Waals surface area contributed by atoms with Crippen LogP contribution < -0.4 is 15.0 Å². The molecule has 0 spiro atoms. The van der Waals surface area contributed by atoms with Crippen LogP contribution in [0.4, 0.5) is 10.8 Å². The number of carbonyl (C=O) groups excluding carboxylic acids is 1. The van der Waals surface area contributed by atoms with Gasteiger partial charge < -0.3 is 9.64 Å². The van der Waals surface area contributed by atoms with E-state index < -0.39 is 0 Å². The maximum absolute atomic E-state index is 12.8. The standard InChI is InChI=1S/C23H22N6O2S/c1-15(16-7-5-4-6-8-16)31-21-19(29(2)3)13-18(14-25-21)20(30)26-23-28-27-22(32-23)17-9-11-24-12-10-17/h4-15H,1-3H3,(H,26,28,30)/t15-/m0/s1. The normalized spacial score (nSPS) is 11.6. The van der Waals surface area contributed by atoms with E-state index in [-0.39, 0.29) is 12.0 Å². The van der Waals surface area contributed by atoms with Crippen LogP contribution in [0.1, 0.15) is 28.9 Å². The van der Waals surface area contributed by atoms with Crippen molar-refractivity contribution < 1.29 is 9.53 Å². The van der Waals surface area contributed by atoms with E-state index in [4.69, 9.17) is 4.74 Å². The summed E-state index contributed by atoms with van der Waals surface area (Å²) in [6.07, 6.45) is 4.69. The number of hydrogen-bond acceptors (Lipinski definition) is 8. The molecule has 1 aromatic carbocycles. The van der Waals surface area contributed by atoms with Crippen molar-refractivity contribution in [1.82, 2.24) is 20.2 Å². The van der Waals surface area contributed by atoms with Gasteiger partial charge in [0.1, 0.15) is 16.8 Å². The Morgan fingerprint density at radius 2 is 1.84 bits per heavy atom. The summed E-state index contributed by atoms with van der Waals surface area (Å²) in [5.41, 5.74) is 3.04. The lowest BCUT2D eigenvalue weighted by molar-refractivity contribution is 0.102. The van der Waals surface area contributed by atoms with E-state index >= 15 is 0 Å². The second-order valence-electron chi connectivity index (χ2n) is 7.22. The van der Waals surface area contributed by atoms with E-state index in [2.05, 4.69) is 25.5 Å². The summed E-state index contributed by atoms with van der Waals surface area (Å²) in [6, 6.07) is 15.3. The van der Waals surface area contributed by atoms with Crippen molar-refractivity contribution in [3.05, 3.63) is 78.2 Å². The highest BCUT2D eigenvalue weighted by Gasteiger charge is 2.18. The van der Waals surface area contributed by atoms with Crippen LogP contribution in [-0.4, -0.2) is 40.2 Å². The molecule has 1 atom stereocenters. The van der Waals surface area contributed by atoms with Crippen molar-refractivity contribution in [2.24, 2.45) is 0 Å². The number of carbonyl (C=O) groups is 1. The van der Waals surface area contributed by atoms with Crippen LogP contribution >= 0.6 is 11.3 Å². The Hall–Kier alpha value is -3.85. The van der Waals surface area contributed by atoms with Crippen LogP contribution in [-0.2, 0) is 0 Å². The van der Waals surface area contributed by atoms with E-state index in [1.165, 1.54) is 17.5 Å². The van der Waals surface area contributed by atoms with Crippen LogP contribution in [0.5, 0.6) is 5.88 Å². The largest absolute Gasteiger partial charge is 0.468 e. The number of ether oxygens (including phenoxy) is 1. The van der Waals surface area contributed by atoms with Gasteiger partial charge in [0, 0.05) is 38.2 Å². The molecule has 3 aromatic heterocycles. The second-order valence-corrected chi connectivity index (χ2v) is 8.19. The predicted octanol–water partition coefficient (Wildman–Crippen LogP) is 4.45. The number of hydrogen-bond donors (Lipinski definition) is 1. The van der Waals surface area contributed by atoms with E-state index in [1.54, 1.807) is 18.5 Å². The lowest BCUT2D eigenvalue weighted by atomic mass is 10.1. The number of nitrogens with one attached hydrogen (secondary N) is 1. The molecule has 0 radical (unpaired) electrons. The van der Waals surface area contributed by atoms with Gasteiger partial charge in [-0.25, -0.2) is 4.98 Å². The molecule has 4 rings (SSSR count). The molecule has 0 bridgehead atoms. The molecule has 0 fully saturated rings. The molecule has 0 saturated heterocycles. The topological polar surface area (TPSA) is 93.1 Å². The van der Waals surface area contributed by atoms with Gasteiger partial charge in [0.15, 0.2) is 0 Å². The number of pyridine rings is 2. The summed E-state index contributed by atoms with van der Waals surface area (Å²) in [6.45, 7) is 1.97. The van der Waals surface area contributed by atoms with Crippen molar-refractivity contribution in [3.63, 3.8) is 0 Å². The summed E-state index contributed by atoms with van der Waals surface area (Å²) in [7, 11) is 3.76. The number of aromatic nitrogens is 4. The van der Waals surface area contributed by atoms with E-state index in [9.17, 15) is 4.79 Å². The monoisotopic (exact) mass is 446 g/mol. The highest BCUT2D eigenvalue weighted by atomic mass is 32.1. The summed E-state index contributed by atoms with van der Waals surface area (Å²) < 4.78 is 6.09. The Bertz CT molecular complexity index is 1200. The number of anilines is 2. The third-order valence-corrected chi connectivity index (χ3v) is 5.59. The lowest BCUT2D eigenvalue weighted by Gasteiger charge is -2.21. The molecule has 3 heterocycles. The smallest absolute Gasteiger partial charge is 0.259 e. The molecular formula is C23H22N6O2S. The van der Waals surface area contributed by atoms with Crippen molar-refractivity contribution in [2.45, 2.75) is 13.0 Å². The minimum absolute atomic E-state index is 0.185. The zero-order chi connectivity index (χ0) is 22.5. The molecule has 0 aliphatic rings. The first-order valence-corrected chi connectivity index (χ1v) is 10.8. The van der Waals surface area contributed by atoms with Gasteiger partial charge in [0.25, 0.3) is 5.91 Å². The van der Waals surface area contributed by atoms with E-state index in [1.807, 2.05) is 68.4 Å². The van der Waals surface area contributed by atoms with Crippen LogP contribution in [0.25, 0.3) is 10.6 Å². The van der Waals surface area contributed by atoms with Gasteiger partial charge in [-0.15, -0.1) is 10.2 Å². The molecule has 4 aromatic rings. The first kappa shape index (κ1) is 21.4. The first-order valence-electron chi connectivity index (χ1n) is 9.95. The quantitative estimate of drug-likeness (QED) is 0.448. The molecule has 1 N–H and O–H groups in total. The van der Waals surface area contributed by atoms with Crippen LogP contribution in [0, 0.1) is 0 Å². The lowest BCUT2D eigenvalue weighted by Crippen LogP contribution is -2.17. The molecule has 32 heavy (non-hydrogen) atoms. The Balaban J connectivity index is 1.51. The third kappa shape index (κ3) is 4.89. The van der Waals surface area contributed by atoms with Gasteiger partial charge in [0.05, 0.1) is 5.56 Å². The summed E-state index contributed by atoms with van der Waals surface area (Å²) in [4.78, 5) is 23.1. The zero-order valence-corrected chi connectivity index (χ0v) is 18.7. The van der Waals surface area contributed by atoms with E-state index in [0.717, 1.165) is 11.1 Å². The fourth-order valence-electron chi connectivity index (χ4n) is 2.99. The van der Waals surface area contributed by atoms with Gasteiger partial charge >= 0.3 is 0 Å². The summed E-state index contributed by atoms with van der Waals surface area (Å²) >= 11 is 1.29. The molecule has 0 aliphatic heterocycles. The highest BCUT2D eigenvalue weighted by molar-refractivity contribution is 7.18. The number of nitrogens with zero attached hydrogens (tertiary/aromatic N) is 5. The summed E-state index contributed by atoms with van der Waals surface area (Å²) in [5, 5.41) is 12.1. The zero-order valence-electron chi connectivity index (χ0n) is 17.9. The van der Waals surface area contributed by atoms with Gasteiger partial charge in [-0.05, 0) is 30.7 Å². The van der Waals surface area contributed by atoms with Gasteiger partial charge in [-0.2, -0.15) is 0 Å². The van der Waals surface area contributed by atoms with Crippen LogP contribution in [0.15, 0.2) is 67.1 Å². The molecule has 9 heteroatoms. The Labute approximate surface area is 189 Å². The molecule has 162 valence electrons. The molecule has 1 amide bonds. The van der Waals surface area contributed by atoms with Crippen LogP contribution in [0.3, 0.4) is 0 Å². The Kier molecular flexibility index (Phi) is 6.37. The molecule has 0 aliphatic carbocycles. The molecule has 0 unspecified atom stereocenters. The third-order valence-electron chi connectivity index (χ3n) is 4.71. The maximum atomic E-state index is 12.8. The maximum Gasteiger partial charge on any atom is 0.259 e. The molecular weight excluding hydrogens is 424 g/mol. The molecule has 8 nitrogen and oxygen atoms in total. The first-order chi connectivity index (χ1) is 15.5. The minimum atomic E-state index is -0.319. The van der Waals surface area contributed by atoms with Crippen molar-refractivity contribution in [2.75, 3.05) is 24.3 Å². The van der Waals surface area contributed by atoms with Crippen molar-refractivity contribution in [3.8, 4) is 16.5 Å². The predicted molar refractivity (Wildman–Crippen MR) is 125 cm³/mol. The second kappa shape index (κ2) is 9.52. The van der Waals surface area contributed by atoms with E-state index in [0.29, 0.717) is 27.3 Å². The number of amides is 1. The fourth-order valence-corrected chi connectivity index (χ4v) is 3.73.